The summed E-state index contributed by atoms with van der Waals surface area (Å²) in [6, 6.07) is 7.79. The highest BCUT2D eigenvalue weighted by molar-refractivity contribution is 6.00. The molecule has 2 amide bonds. The van der Waals surface area contributed by atoms with Crippen LogP contribution in [0.3, 0.4) is 0 Å². The number of carbonyl (C=O) groups excluding carboxylic acids is 2. The van der Waals surface area contributed by atoms with E-state index >= 15 is 0 Å². The summed E-state index contributed by atoms with van der Waals surface area (Å²) >= 11 is 0. The van der Waals surface area contributed by atoms with Gasteiger partial charge in [0, 0.05) is 55.4 Å². The van der Waals surface area contributed by atoms with Crippen LogP contribution in [0.25, 0.3) is 22.0 Å². The number of nitrogens with zero attached hydrogens (tertiary/aromatic N) is 4. The Hall–Kier alpha value is -4.05. The zero-order valence-corrected chi connectivity index (χ0v) is 20.8. The third kappa shape index (κ3) is 5.39. The number of benzene rings is 1. The van der Waals surface area contributed by atoms with Crippen LogP contribution in [0.1, 0.15) is 19.3 Å². The van der Waals surface area contributed by atoms with Crippen LogP contribution in [0, 0.1) is 5.92 Å². The van der Waals surface area contributed by atoms with Crippen molar-refractivity contribution in [2.75, 3.05) is 44.0 Å². The van der Waals surface area contributed by atoms with Gasteiger partial charge in [0.2, 0.25) is 17.7 Å². The molecule has 0 unspecified atom stereocenters. The number of methoxy groups -OCH3 is 1. The summed E-state index contributed by atoms with van der Waals surface area (Å²) in [5.74, 6) is 0.977. The molecular weight excluding hydrogens is 472 g/mol. The second kappa shape index (κ2) is 10.9. The minimum Gasteiger partial charge on any atom is -0.480 e. The van der Waals surface area contributed by atoms with Crippen LogP contribution in [-0.4, -0.2) is 71.1 Å². The van der Waals surface area contributed by atoms with Crippen molar-refractivity contribution in [1.82, 2.24) is 19.9 Å². The van der Waals surface area contributed by atoms with Crippen LogP contribution in [0.5, 0.6) is 5.88 Å². The Labute approximate surface area is 215 Å². The molecule has 4 heterocycles. The molecule has 2 aliphatic rings. The summed E-state index contributed by atoms with van der Waals surface area (Å²) in [4.78, 5) is 40.1. The van der Waals surface area contributed by atoms with Gasteiger partial charge >= 0.3 is 0 Å². The van der Waals surface area contributed by atoms with Crippen molar-refractivity contribution in [2.45, 2.75) is 25.3 Å². The highest BCUT2D eigenvalue weighted by Crippen LogP contribution is 2.32. The SMILES string of the molecule is C=CC(=O)Nc1cc(-c2ccc3ncnc(N[C@H]4CCN(C(=O)C5CCOCC5)C4)c3c2)cnc1OC. The number of ether oxygens (including phenoxy) is 2. The Kier molecular flexibility index (Phi) is 7.27. The molecule has 1 aromatic carbocycles. The molecule has 0 aliphatic carbocycles. The first-order valence-corrected chi connectivity index (χ1v) is 12.4. The smallest absolute Gasteiger partial charge is 0.247 e. The van der Waals surface area contributed by atoms with E-state index in [9.17, 15) is 9.59 Å². The Morgan fingerprint density at radius 2 is 1.97 bits per heavy atom. The van der Waals surface area contributed by atoms with Crippen molar-refractivity contribution in [2.24, 2.45) is 5.92 Å². The fraction of sp³-hybridized carbons (Fsp3) is 0.370. The zero-order chi connectivity index (χ0) is 25.8. The molecule has 0 saturated carbocycles. The van der Waals surface area contributed by atoms with Crippen molar-refractivity contribution in [3.05, 3.63) is 49.4 Å². The summed E-state index contributed by atoms with van der Waals surface area (Å²) in [6.45, 7) is 6.20. The maximum absolute atomic E-state index is 12.9. The Bertz CT molecular complexity index is 1320. The molecule has 1 atom stereocenters. The van der Waals surface area contributed by atoms with Crippen LogP contribution in [0.15, 0.2) is 49.4 Å². The molecule has 3 aromatic rings. The number of likely N-dealkylation sites (tertiary alicyclic amines) is 1. The summed E-state index contributed by atoms with van der Waals surface area (Å²) < 4.78 is 10.7. The molecule has 2 aromatic heterocycles. The predicted octanol–water partition coefficient (Wildman–Crippen LogP) is 3.26. The average Bonchev–Trinajstić information content (AvgIpc) is 3.41. The number of fused-ring (bicyclic) bond motifs is 1. The van der Waals surface area contributed by atoms with Crippen molar-refractivity contribution >= 4 is 34.2 Å². The van der Waals surface area contributed by atoms with E-state index in [0.29, 0.717) is 31.3 Å². The fourth-order valence-electron chi connectivity index (χ4n) is 4.87. The maximum atomic E-state index is 12.9. The Morgan fingerprint density at radius 3 is 2.76 bits per heavy atom. The van der Waals surface area contributed by atoms with Crippen molar-refractivity contribution in [3.63, 3.8) is 0 Å². The summed E-state index contributed by atoms with van der Waals surface area (Å²) in [5, 5.41) is 7.14. The van der Waals surface area contributed by atoms with Crippen LogP contribution in [0.4, 0.5) is 11.5 Å². The Balaban J connectivity index is 1.36. The first-order chi connectivity index (χ1) is 18.1. The topological polar surface area (TPSA) is 119 Å². The molecule has 0 spiro atoms. The van der Waals surface area contributed by atoms with Crippen molar-refractivity contribution < 1.29 is 19.1 Å². The van der Waals surface area contributed by atoms with Crippen LogP contribution in [0.2, 0.25) is 0 Å². The lowest BCUT2D eigenvalue weighted by Gasteiger charge is -2.26. The van der Waals surface area contributed by atoms with Crippen LogP contribution < -0.4 is 15.4 Å². The van der Waals surface area contributed by atoms with E-state index in [1.807, 2.05) is 29.2 Å². The Morgan fingerprint density at radius 1 is 1.14 bits per heavy atom. The molecule has 0 bridgehead atoms. The third-order valence-electron chi connectivity index (χ3n) is 6.87. The molecule has 0 radical (unpaired) electrons. The molecule has 2 fully saturated rings. The molecule has 37 heavy (non-hydrogen) atoms. The van der Waals surface area contributed by atoms with Crippen molar-refractivity contribution in [3.8, 4) is 17.0 Å². The largest absolute Gasteiger partial charge is 0.480 e. The van der Waals surface area contributed by atoms with Gasteiger partial charge in [0.1, 0.15) is 17.8 Å². The van der Waals surface area contributed by atoms with E-state index in [2.05, 4.69) is 32.2 Å². The lowest BCUT2D eigenvalue weighted by Crippen LogP contribution is -2.38. The number of hydrogen-bond donors (Lipinski definition) is 2. The van der Waals surface area contributed by atoms with Gasteiger partial charge in [0.25, 0.3) is 0 Å². The van der Waals surface area contributed by atoms with E-state index in [0.717, 1.165) is 53.7 Å². The third-order valence-corrected chi connectivity index (χ3v) is 6.87. The fourth-order valence-corrected chi connectivity index (χ4v) is 4.87. The van der Waals surface area contributed by atoms with Gasteiger partial charge < -0.3 is 25.0 Å². The average molecular weight is 503 g/mol. The van der Waals surface area contributed by atoms with Gasteiger partial charge in [0.15, 0.2) is 0 Å². The van der Waals surface area contributed by atoms with E-state index in [-0.39, 0.29) is 23.8 Å². The highest BCUT2D eigenvalue weighted by Gasteiger charge is 2.32. The first kappa shape index (κ1) is 24.6. The molecule has 10 nitrogen and oxygen atoms in total. The first-order valence-electron chi connectivity index (χ1n) is 12.4. The number of rotatable bonds is 7. The summed E-state index contributed by atoms with van der Waals surface area (Å²) in [7, 11) is 1.50. The normalized spacial score (nSPS) is 18.0. The second-order valence-electron chi connectivity index (χ2n) is 9.23. The predicted molar refractivity (Wildman–Crippen MR) is 140 cm³/mol. The number of pyridine rings is 1. The lowest BCUT2D eigenvalue weighted by molar-refractivity contribution is -0.137. The second-order valence-corrected chi connectivity index (χ2v) is 9.23. The van der Waals surface area contributed by atoms with Gasteiger partial charge in [-0.25, -0.2) is 15.0 Å². The molecule has 5 rings (SSSR count). The van der Waals surface area contributed by atoms with E-state index < -0.39 is 0 Å². The van der Waals surface area contributed by atoms with E-state index in [1.54, 1.807) is 12.5 Å². The van der Waals surface area contributed by atoms with Crippen LogP contribution in [-0.2, 0) is 14.3 Å². The number of hydrogen-bond acceptors (Lipinski definition) is 8. The van der Waals surface area contributed by atoms with Crippen molar-refractivity contribution in [1.29, 1.82) is 0 Å². The van der Waals surface area contributed by atoms with Gasteiger partial charge in [0.05, 0.1) is 12.6 Å². The molecule has 2 aliphatic heterocycles. The van der Waals surface area contributed by atoms with Gasteiger partial charge in [-0.15, -0.1) is 0 Å². The zero-order valence-electron chi connectivity index (χ0n) is 20.8. The summed E-state index contributed by atoms with van der Waals surface area (Å²) in [5.41, 5.74) is 2.94. The maximum Gasteiger partial charge on any atom is 0.247 e. The number of nitrogens with one attached hydrogen (secondary N) is 2. The minimum atomic E-state index is -0.350. The van der Waals surface area contributed by atoms with Gasteiger partial charge in [-0.3, -0.25) is 9.59 Å². The molecule has 2 N–H and O–H groups in total. The number of anilines is 2. The molecule has 2 saturated heterocycles. The monoisotopic (exact) mass is 502 g/mol. The van der Waals surface area contributed by atoms with E-state index in [1.165, 1.54) is 13.2 Å². The lowest BCUT2D eigenvalue weighted by atomic mass is 9.99. The van der Waals surface area contributed by atoms with Gasteiger partial charge in [-0.1, -0.05) is 12.6 Å². The quantitative estimate of drug-likeness (QED) is 0.473. The van der Waals surface area contributed by atoms with Gasteiger partial charge in [-0.05, 0) is 49.1 Å². The van der Waals surface area contributed by atoms with E-state index in [4.69, 9.17) is 9.47 Å². The minimum absolute atomic E-state index is 0.0641. The van der Waals surface area contributed by atoms with Gasteiger partial charge in [-0.2, -0.15) is 0 Å². The number of aromatic nitrogens is 3. The van der Waals surface area contributed by atoms with Crippen LogP contribution >= 0.6 is 0 Å². The molecule has 10 heteroatoms. The molecular formula is C27H30N6O4. The molecule has 192 valence electrons. The standard InChI is InChI=1S/C27H30N6O4/c1-3-24(34)32-23-13-19(14-28-26(23)36-2)18-4-5-22-21(12-18)25(30-16-29-22)31-20-6-9-33(15-20)27(35)17-7-10-37-11-8-17/h3-5,12-14,16-17,20H,1,6-11,15H2,2H3,(H,32,34)(H,29,30,31)/t20-/m0/s1. The summed E-state index contributed by atoms with van der Waals surface area (Å²) in [6.07, 6.45) is 6.88. The number of amides is 2. The highest BCUT2D eigenvalue weighted by atomic mass is 16.5. The number of carbonyl (C=O) groups is 2.